The maximum atomic E-state index is 13.3. The van der Waals surface area contributed by atoms with E-state index in [4.69, 9.17) is 20.2 Å². The summed E-state index contributed by atoms with van der Waals surface area (Å²) in [6.07, 6.45) is 1.70. The molecule has 1 aliphatic rings. The Morgan fingerprint density at radius 2 is 1.61 bits per heavy atom. The molecule has 214 valence electrons. The fraction of sp³-hybridized carbons (Fsp3) is 0.344. The summed E-state index contributed by atoms with van der Waals surface area (Å²) in [5, 5.41) is 3.89. The molecule has 4 aromatic rings. The number of fused-ring (bicyclic) bond motifs is 1. The van der Waals surface area contributed by atoms with Crippen molar-refractivity contribution >= 4 is 28.6 Å². The first-order valence-corrected chi connectivity index (χ1v) is 14.1. The maximum absolute atomic E-state index is 13.3. The SMILES string of the molecule is COc1cc2nc(N3CCCC(C(=O)NCCN(Cc4ccccc4)Cc4ccccc4)C3)nc(N)c2cc1OC. The highest BCUT2D eigenvalue weighted by Gasteiger charge is 2.28. The van der Waals surface area contributed by atoms with Crippen LogP contribution in [0.5, 0.6) is 11.5 Å². The molecule has 1 aromatic heterocycles. The number of rotatable bonds is 11. The molecule has 3 aromatic carbocycles. The number of nitrogens with zero attached hydrogens (tertiary/aromatic N) is 4. The summed E-state index contributed by atoms with van der Waals surface area (Å²) in [5.74, 6) is 1.96. The van der Waals surface area contributed by atoms with Gasteiger partial charge in [-0.25, -0.2) is 4.98 Å². The zero-order valence-electron chi connectivity index (χ0n) is 23.8. The van der Waals surface area contributed by atoms with E-state index in [1.54, 1.807) is 26.4 Å². The van der Waals surface area contributed by atoms with E-state index in [0.717, 1.165) is 39.0 Å². The standard InChI is InChI=1S/C32H38N6O3/c1-40-28-18-26-27(19-29(28)41-2)35-32(36-30(26)33)38-16-9-14-25(22-38)31(39)34-15-17-37(20-23-10-5-3-6-11-23)21-24-12-7-4-8-13-24/h3-8,10-13,18-19,25H,9,14-17,20-22H2,1-2H3,(H,34,39)(H2,33,35,36). The highest BCUT2D eigenvalue weighted by molar-refractivity contribution is 5.91. The summed E-state index contributed by atoms with van der Waals surface area (Å²) in [6, 6.07) is 24.5. The lowest BCUT2D eigenvalue weighted by atomic mass is 9.97. The molecule has 1 fully saturated rings. The molecule has 1 amide bonds. The van der Waals surface area contributed by atoms with Crippen LogP contribution in [0.1, 0.15) is 24.0 Å². The molecule has 1 atom stereocenters. The highest BCUT2D eigenvalue weighted by atomic mass is 16.5. The van der Waals surface area contributed by atoms with Gasteiger partial charge in [0.05, 0.1) is 25.7 Å². The number of nitrogen functional groups attached to an aromatic ring is 1. The number of benzene rings is 3. The molecule has 0 bridgehead atoms. The van der Waals surface area contributed by atoms with Crippen molar-refractivity contribution in [3.63, 3.8) is 0 Å². The second kappa shape index (κ2) is 13.3. The van der Waals surface area contributed by atoms with Gasteiger partial charge in [0.15, 0.2) is 11.5 Å². The van der Waals surface area contributed by atoms with Crippen molar-refractivity contribution in [1.82, 2.24) is 20.2 Å². The molecule has 0 saturated carbocycles. The van der Waals surface area contributed by atoms with E-state index in [0.29, 0.717) is 47.3 Å². The summed E-state index contributed by atoms with van der Waals surface area (Å²) >= 11 is 0. The van der Waals surface area contributed by atoms with Gasteiger partial charge in [-0.1, -0.05) is 60.7 Å². The van der Waals surface area contributed by atoms with Crippen molar-refractivity contribution in [2.24, 2.45) is 5.92 Å². The molecular weight excluding hydrogens is 516 g/mol. The Balaban J connectivity index is 1.22. The third-order valence-electron chi connectivity index (χ3n) is 7.52. The van der Waals surface area contributed by atoms with Crippen LogP contribution in [0, 0.1) is 5.92 Å². The van der Waals surface area contributed by atoms with Crippen LogP contribution in [0.2, 0.25) is 0 Å². The van der Waals surface area contributed by atoms with Gasteiger partial charge in [-0.15, -0.1) is 0 Å². The van der Waals surface area contributed by atoms with Crippen molar-refractivity contribution in [2.75, 3.05) is 51.0 Å². The highest BCUT2D eigenvalue weighted by Crippen LogP contribution is 2.34. The van der Waals surface area contributed by atoms with E-state index in [9.17, 15) is 4.79 Å². The van der Waals surface area contributed by atoms with Crippen molar-refractivity contribution in [3.8, 4) is 11.5 Å². The van der Waals surface area contributed by atoms with E-state index < -0.39 is 0 Å². The summed E-state index contributed by atoms with van der Waals surface area (Å²) < 4.78 is 10.8. The number of anilines is 2. The van der Waals surface area contributed by atoms with Crippen LogP contribution in [0.4, 0.5) is 11.8 Å². The monoisotopic (exact) mass is 554 g/mol. The maximum Gasteiger partial charge on any atom is 0.227 e. The summed E-state index contributed by atoms with van der Waals surface area (Å²) in [5.41, 5.74) is 9.50. The number of carbonyl (C=O) groups excluding carboxylic acids is 1. The minimum atomic E-state index is -0.147. The van der Waals surface area contributed by atoms with Crippen LogP contribution in [0.25, 0.3) is 10.9 Å². The Morgan fingerprint density at radius 3 is 2.24 bits per heavy atom. The molecule has 9 nitrogen and oxygen atoms in total. The normalized spacial score (nSPS) is 15.2. The van der Waals surface area contributed by atoms with Crippen LogP contribution in [-0.4, -0.2) is 61.2 Å². The third-order valence-corrected chi connectivity index (χ3v) is 7.52. The van der Waals surface area contributed by atoms with Gasteiger partial charge >= 0.3 is 0 Å². The number of ether oxygens (including phenoxy) is 2. The van der Waals surface area contributed by atoms with Crippen LogP contribution < -0.4 is 25.4 Å². The van der Waals surface area contributed by atoms with Crippen molar-refractivity contribution < 1.29 is 14.3 Å². The first-order chi connectivity index (χ1) is 20.0. The van der Waals surface area contributed by atoms with Gasteiger partial charge in [-0.05, 0) is 30.0 Å². The number of amides is 1. The molecule has 1 saturated heterocycles. The number of nitrogens with two attached hydrogens (primary N) is 1. The van der Waals surface area contributed by atoms with Gasteiger partial charge < -0.3 is 25.4 Å². The molecule has 0 aliphatic carbocycles. The molecule has 3 N–H and O–H groups in total. The lowest BCUT2D eigenvalue weighted by molar-refractivity contribution is -0.125. The van der Waals surface area contributed by atoms with Gasteiger partial charge in [-0.3, -0.25) is 9.69 Å². The molecule has 5 rings (SSSR count). The fourth-order valence-corrected chi connectivity index (χ4v) is 5.36. The second-order valence-electron chi connectivity index (χ2n) is 10.4. The molecule has 41 heavy (non-hydrogen) atoms. The van der Waals surface area contributed by atoms with Crippen molar-refractivity contribution in [3.05, 3.63) is 83.9 Å². The Bertz CT molecular complexity index is 1410. The predicted octanol–water partition coefficient (Wildman–Crippen LogP) is 4.26. The molecule has 1 unspecified atom stereocenters. The van der Waals surface area contributed by atoms with Crippen LogP contribution in [-0.2, 0) is 17.9 Å². The number of hydrogen-bond donors (Lipinski definition) is 2. The van der Waals surface area contributed by atoms with Gasteiger partial charge in [0.2, 0.25) is 11.9 Å². The van der Waals surface area contributed by atoms with E-state index in [1.807, 2.05) is 12.1 Å². The number of carbonyl (C=O) groups is 1. The van der Waals surface area contributed by atoms with Crippen LogP contribution in [0.15, 0.2) is 72.8 Å². The largest absolute Gasteiger partial charge is 0.493 e. The molecule has 0 spiro atoms. The average molecular weight is 555 g/mol. The van der Waals surface area contributed by atoms with E-state index in [1.165, 1.54) is 11.1 Å². The zero-order valence-corrected chi connectivity index (χ0v) is 23.8. The number of hydrogen-bond acceptors (Lipinski definition) is 8. The fourth-order valence-electron chi connectivity index (χ4n) is 5.36. The van der Waals surface area contributed by atoms with Crippen LogP contribution in [0.3, 0.4) is 0 Å². The Morgan fingerprint density at radius 1 is 0.976 bits per heavy atom. The Kier molecular flexibility index (Phi) is 9.15. The number of aromatic nitrogens is 2. The van der Waals surface area contributed by atoms with Crippen molar-refractivity contribution in [2.45, 2.75) is 25.9 Å². The number of piperidine rings is 1. The minimum absolute atomic E-state index is 0.0641. The van der Waals surface area contributed by atoms with Gasteiger partial charge in [0.25, 0.3) is 0 Å². The van der Waals surface area contributed by atoms with Gasteiger partial charge in [0.1, 0.15) is 5.82 Å². The summed E-state index contributed by atoms with van der Waals surface area (Å²) in [7, 11) is 3.17. The van der Waals surface area contributed by atoms with Gasteiger partial charge in [-0.2, -0.15) is 4.98 Å². The third kappa shape index (κ3) is 7.05. The topological polar surface area (TPSA) is 106 Å². The molecule has 1 aliphatic heterocycles. The van der Waals surface area contributed by atoms with Gasteiger partial charge in [0, 0.05) is 50.7 Å². The number of nitrogens with one attached hydrogen (secondary N) is 1. The smallest absolute Gasteiger partial charge is 0.227 e. The lowest BCUT2D eigenvalue weighted by Gasteiger charge is -2.32. The zero-order chi connectivity index (χ0) is 28.6. The van der Waals surface area contributed by atoms with E-state index >= 15 is 0 Å². The number of methoxy groups -OCH3 is 2. The van der Waals surface area contributed by atoms with Crippen molar-refractivity contribution in [1.29, 1.82) is 0 Å². The lowest BCUT2D eigenvalue weighted by Crippen LogP contribution is -2.45. The Hall–Kier alpha value is -4.37. The van der Waals surface area contributed by atoms with E-state index in [-0.39, 0.29) is 11.8 Å². The average Bonchev–Trinajstić information content (AvgIpc) is 3.01. The molecule has 9 heteroatoms. The molecule has 2 heterocycles. The summed E-state index contributed by atoms with van der Waals surface area (Å²) in [6.45, 7) is 4.28. The predicted molar refractivity (Wildman–Crippen MR) is 162 cm³/mol. The molecular formula is C32H38N6O3. The Labute approximate surface area is 241 Å². The second-order valence-corrected chi connectivity index (χ2v) is 10.4. The first-order valence-electron chi connectivity index (χ1n) is 14.1. The molecule has 0 radical (unpaired) electrons. The first kappa shape index (κ1) is 28.2. The van der Waals surface area contributed by atoms with Crippen LogP contribution >= 0.6 is 0 Å². The minimum Gasteiger partial charge on any atom is -0.493 e. The van der Waals surface area contributed by atoms with E-state index in [2.05, 4.69) is 68.6 Å². The summed E-state index contributed by atoms with van der Waals surface area (Å²) in [4.78, 5) is 27.0. The quantitative estimate of drug-likeness (QED) is 0.283.